The molecule has 0 N–H and O–H groups in total. The second-order valence-electron chi connectivity index (χ2n) is 2.09. The SMILES string of the molecule is CCC1(C)O[SiH2]1. The van der Waals surface area contributed by atoms with Crippen LogP contribution in [0.5, 0.6) is 0 Å². The summed E-state index contributed by atoms with van der Waals surface area (Å²) in [5.74, 6) is 0. The Balaban J connectivity index is 2.28. The fourth-order valence-corrected chi connectivity index (χ4v) is 0.982. The Morgan fingerprint density at radius 1 is 1.83 bits per heavy atom. The minimum atomic E-state index is -0.0158. The van der Waals surface area contributed by atoms with Gasteiger partial charge in [0.15, 0.2) is 9.76 Å². The summed E-state index contributed by atoms with van der Waals surface area (Å²) < 4.78 is 5.18. The molecule has 0 amide bonds. The van der Waals surface area contributed by atoms with E-state index in [1.54, 1.807) is 0 Å². The van der Waals surface area contributed by atoms with E-state index >= 15 is 0 Å². The first kappa shape index (κ1) is 4.34. The molecule has 2 heteroatoms. The van der Waals surface area contributed by atoms with Crippen molar-refractivity contribution in [3.8, 4) is 0 Å². The lowest BCUT2D eigenvalue weighted by atomic mass is 10.3. The van der Waals surface area contributed by atoms with E-state index in [-0.39, 0.29) is 9.76 Å². The minimum absolute atomic E-state index is 0.0158. The Kier molecular flexibility index (Phi) is 0.776. The molecule has 0 aliphatic carbocycles. The van der Waals surface area contributed by atoms with Crippen molar-refractivity contribution in [2.75, 3.05) is 0 Å². The van der Waals surface area contributed by atoms with Crippen LogP contribution < -0.4 is 0 Å². The quantitative estimate of drug-likeness (QED) is 0.341. The van der Waals surface area contributed by atoms with E-state index in [9.17, 15) is 0 Å². The summed E-state index contributed by atoms with van der Waals surface area (Å²) in [5, 5.41) is 0.431. The standard InChI is InChI=1S/C4H10OSi/c1-3-4(2)5-6-4/h3,6H2,1-2H3. The third kappa shape index (κ3) is 0.630. The van der Waals surface area contributed by atoms with Gasteiger partial charge >= 0.3 is 0 Å². The zero-order valence-electron chi connectivity index (χ0n) is 4.32. The van der Waals surface area contributed by atoms with Crippen molar-refractivity contribution in [3.05, 3.63) is 0 Å². The van der Waals surface area contributed by atoms with Gasteiger partial charge < -0.3 is 4.43 Å². The van der Waals surface area contributed by atoms with Crippen LogP contribution in [-0.2, 0) is 4.43 Å². The molecule has 1 aliphatic heterocycles. The summed E-state index contributed by atoms with van der Waals surface area (Å²) in [6, 6.07) is 0. The van der Waals surface area contributed by atoms with Gasteiger partial charge in [-0.15, -0.1) is 0 Å². The minimum Gasteiger partial charge on any atom is -0.416 e. The van der Waals surface area contributed by atoms with Gasteiger partial charge in [-0.3, -0.25) is 0 Å². The first-order valence-electron chi connectivity index (χ1n) is 2.41. The third-order valence-corrected chi connectivity index (χ3v) is 3.16. The second-order valence-corrected chi connectivity index (χ2v) is 4.17. The zero-order valence-corrected chi connectivity index (χ0v) is 5.74. The van der Waals surface area contributed by atoms with Gasteiger partial charge in [0.2, 0.25) is 0 Å². The Morgan fingerprint density at radius 3 is 2.33 bits per heavy atom. The molecular formula is C4H10OSi. The summed E-state index contributed by atoms with van der Waals surface area (Å²) in [6.07, 6.45) is 1.22. The van der Waals surface area contributed by atoms with E-state index in [0.29, 0.717) is 5.22 Å². The fourth-order valence-electron chi connectivity index (χ4n) is 0.327. The molecule has 1 aliphatic rings. The second kappa shape index (κ2) is 1.07. The average molecular weight is 102 g/mol. The molecule has 36 valence electrons. The molecule has 0 aromatic heterocycles. The van der Waals surface area contributed by atoms with Crippen molar-refractivity contribution in [1.29, 1.82) is 0 Å². The Labute approximate surface area is 40.6 Å². The first-order chi connectivity index (χ1) is 2.77. The lowest BCUT2D eigenvalue weighted by Crippen LogP contribution is -2.00. The van der Waals surface area contributed by atoms with Crippen LogP contribution in [0, 0.1) is 0 Å². The van der Waals surface area contributed by atoms with E-state index in [4.69, 9.17) is 4.43 Å². The van der Waals surface area contributed by atoms with Crippen LogP contribution in [0.15, 0.2) is 0 Å². The topological polar surface area (TPSA) is 12.5 Å². The van der Waals surface area contributed by atoms with Crippen molar-refractivity contribution < 1.29 is 4.43 Å². The number of rotatable bonds is 1. The van der Waals surface area contributed by atoms with Gasteiger partial charge in [-0.1, -0.05) is 6.92 Å². The molecule has 1 rings (SSSR count). The van der Waals surface area contributed by atoms with Gasteiger partial charge in [0.1, 0.15) is 0 Å². The Bertz CT molecular complexity index is 58.6. The highest BCUT2D eigenvalue weighted by Gasteiger charge is 2.37. The molecule has 1 fully saturated rings. The number of hydrogen-bond acceptors (Lipinski definition) is 1. The first-order valence-corrected chi connectivity index (χ1v) is 3.69. The van der Waals surface area contributed by atoms with E-state index in [1.165, 1.54) is 6.42 Å². The highest BCUT2D eigenvalue weighted by atomic mass is 28.2. The molecule has 6 heavy (non-hydrogen) atoms. The molecule has 0 aromatic rings. The van der Waals surface area contributed by atoms with Gasteiger partial charge in [-0.2, -0.15) is 0 Å². The monoisotopic (exact) mass is 102 g/mol. The molecule has 0 aromatic carbocycles. The molecule has 1 atom stereocenters. The van der Waals surface area contributed by atoms with Gasteiger partial charge in [0.25, 0.3) is 0 Å². The van der Waals surface area contributed by atoms with Crippen LogP contribution in [0.4, 0.5) is 0 Å². The molecule has 0 radical (unpaired) electrons. The van der Waals surface area contributed by atoms with E-state index < -0.39 is 0 Å². The molecule has 0 saturated carbocycles. The maximum atomic E-state index is 5.18. The van der Waals surface area contributed by atoms with Crippen LogP contribution in [0.1, 0.15) is 20.3 Å². The average Bonchev–Trinajstić information content (AvgIpc) is 2.22. The molecular weight excluding hydrogens is 92.1 g/mol. The summed E-state index contributed by atoms with van der Waals surface area (Å²) in [6.45, 7) is 4.37. The largest absolute Gasteiger partial charge is 0.416 e. The van der Waals surface area contributed by atoms with Crippen molar-refractivity contribution in [3.63, 3.8) is 0 Å². The summed E-state index contributed by atoms with van der Waals surface area (Å²) in [4.78, 5) is 0. The van der Waals surface area contributed by atoms with Gasteiger partial charge in [-0.05, 0) is 13.3 Å². The van der Waals surface area contributed by atoms with Gasteiger partial charge in [-0.25, -0.2) is 0 Å². The van der Waals surface area contributed by atoms with Crippen molar-refractivity contribution >= 4 is 9.76 Å². The molecule has 1 heterocycles. The van der Waals surface area contributed by atoms with E-state index in [1.807, 2.05) is 0 Å². The van der Waals surface area contributed by atoms with Gasteiger partial charge in [0, 0.05) is 0 Å². The lowest BCUT2D eigenvalue weighted by Gasteiger charge is -1.93. The molecule has 0 spiro atoms. The Morgan fingerprint density at radius 2 is 2.33 bits per heavy atom. The normalized spacial score (nSPS) is 47.0. The van der Waals surface area contributed by atoms with Crippen LogP contribution in [0.2, 0.25) is 0 Å². The van der Waals surface area contributed by atoms with Crippen molar-refractivity contribution in [2.24, 2.45) is 0 Å². The highest BCUT2D eigenvalue weighted by molar-refractivity contribution is 6.42. The maximum Gasteiger partial charge on any atom is 0.192 e. The van der Waals surface area contributed by atoms with Crippen LogP contribution in [0.3, 0.4) is 0 Å². The predicted molar refractivity (Wildman–Crippen MR) is 28.3 cm³/mol. The van der Waals surface area contributed by atoms with E-state index in [0.717, 1.165) is 0 Å². The van der Waals surface area contributed by atoms with Gasteiger partial charge in [0.05, 0.1) is 5.22 Å². The summed E-state index contributed by atoms with van der Waals surface area (Å²) in [7, 11) is -0.0158. The molecule has 0 bridgehead atoms. The van der Waals surface area contributed by atoms with Crippen molar-refractivity contribution in [1.82, 2.24) is 0 Å². The Hall–Kier alpha value is 0.177. The predicted octanol–water partition coefficient (Wildman–Crippen LogP) is 0.227. The lowest BCUT2D eigenvalue weighted by molar-refractivity contribution is 0.333. The smallest absolute Gasteiger partial charge is 0.192 e. The van der Waals surface area contributed by atoms with Crippen LogP contribution >= 0.6 is 0 Å². The maximum absolute atomic E-state index is 5.18. The van der Waals surface area contributed by atoms with Crippen LogP contribution in [-0.4, -0.2) is 15.0 Å². The molecule has 1 nitrogen and oxygen atoms in total. The fraction of sp³-hybridized carbons (Fsp3) is 1.00. The van der Waals surface area contributed by atoms with Crippen molar-refractivity contribution in [2.45, 2.75) is 25.5 Å². The zero-order chi connectivity index (χ0) is 4.62. The van der Waals surface area contributed by atoms with E-state index in [2.05, 4.69) is 13.8 Å². The number of hydrogen-bond donors (Lipinski definition) is 0. The van der Waals surface area contributed by atoms with Crippen LogP contribution in [0.25, 0.3) is 0 Å². The highest BCUT2D eigenvalue weighted by Crippen LogP contribution is 2.25. The summed E-state index contributed by atoms with van der Waals surface area (Å²) in [5.41, 5.74) is 0. The molecule has 1 saturated heterocycles. The molecule has 1 unspecified atom stereocenters. The third-order valence-electron chi connectivity index (χ3n) is 1.39. The summed E-state index contributed by atoms with van der Waals surface area (Å²) >= 11 is 0.